The van der Waals surface area contributed by atoms with Crippen LogP contribution in [0.15, 0.2) is 59.6 Å². The van der Waals surface area contributed by atoms with Gasteiger partial charge in [-0.25, -0.2) is 23.1 Å². The molecule has 1 amide bonds. The molecule has 0 spiro atoms. The number of nitrogens with zero attached hydrogens (tertiary/aromatic N) is 2. The van der Waals surface area contributed by atoms with Crippen LogP contribution in [0.2, 0.25) is 0 Å². The molecule has 0 saturated heterocycles. The highest BCUT2D eigenvalue weighted by Gasteiger charge is 2.16. The Morgan fingerprint density at radius 1 is 1.04 bits per heavy atom. The summed E-state index contributed by atoms with van der Waals surface area (Å²) in [4.78, 5) is 21.1. The molecule has 0 unspecified atom stereocenters. The molecule has 2 aromatic carbocycles. The van der Waals surface area contributed by atoms with Crippen molar-refractivity contribution in [2.45, 2.75) is 11.8 Å². The van der Waals surface area contributed by atoms with Gasteiger partial charge in [-0.3, -0.25) is 4.79 Å². The van der Waals surface area contributed by atoms with Crippen LogP contribution in [0, 0.1) is 6.92 Å². The van der Waals surface area contributed by atoms with Crippen molar-refractivity contribution in [3.63, 3.8) is 0 Å². The minimum absolute atomic E-state index is 0.00254. The van der Waals surface area contributed by atoms with E-state index in [-0.39, 0.29) is 16.4 Å². The van der Waals surface area contributed by atoms with Gasteiger partial charge in [0.1, 0.15) is 0 Å². The lowest BCUT2D eigenvalue weighted by Gasteiger charge is -2.09. The molecule has 0 aliphatic carbocycles. The number of carbonyl (C=O) groups excluding carboxylic acids is 1. The third-order valence-electron chi connectivity index (χ3n) is 4.05. The number of amides is 1. The summed E-state index contributed by atoms with van der Waals surface area (Å²) in [7, 11) is -2.22. The molecule has 0 aliphatic heterocycles. The Bertz CT molecular complexity index is 1110. The summed E-state index contributed by atoms with van der Waals surface area (Å²) in [5, 5.41) is 2.65. The number of hydrogen-bond donors (Lipinski definition) is 3. The molecule has 0 bridgehead atoms. The number of nitrogens with two attached hydrogens (primary N) is 1. The van der Waals surface area contributed by atoms with E-state index in [1.54, 1.807) is 0 Å². The van der Waals surface area contributed by atoms with Crippen LogP contribution < -0.4 is 15.8 Å². The molecule has 0 saturated carbocycles. The quantitative estimate of drug-likeness (QED) is 0.606. The molecule has 1 heterocycles. The Morgan fingerprint density at radius 3 is 2.29 bits per heavy atom. The van der Waals surface area contributed by atoms with Gasteiger partial charge in [-0.2, -0.15) is 0 Å². The van der Waals surface area contributed by atoms with Crippen molar-refractivity contribution < 1.29 is 13.2 Å². The van der Waals surface area contributed by atoms with E-state index in [1.807, 2.05) is 31.2 Å². The molecule has 28 heavy (non-hydrogen) atoms. The van der Waals surface area contributed by atoms with Crippen molar-refractivity contribution in [1.29, 1.82) is 0 Å². The summed E-state index contributed by atoms with van der Waals surface area (Å²) in [5.74, 6) is -0.536. The van der Waals surface area contributed by atoms with Gasteiger partial charge in [0, 0.05) is 11.3 Å². The molecule has 4 N–H and O–H groups in total. The van der Waals surface area contributed by atoms with Gasteiger partial charge >= 0.3 is 0 Å². The molecule has 0 fully saturated rings. The standard InChI is InChI=1S/C19H19N5O3S/c1-12-3-5-13(6-4-12)16-11-22-18(20)17(24-16)19(25)23-14-7-9-15(10-8-14)28(26,27)21-2/h3-11,21H,1-2H3,(H2,20,22)(H,23,25). The zero-order valence-corrected chi connectivity index (χ0v) is 16.1. The van der Waals surface area contributed by atoms with E-state index in [0.717, 1.165) is 11.1 Å². The van der Waals surface area contributed by atoms with E-state index in [0.29, 0.717) is 11.4 Å². The average Bonchev–Trinajstić information content (AvgIpc) is 2.69. The van der Waals surface area contributed by atoms with Crippen molar-refractivity contribution in [2.24, 2.45) is 0 Å². The van der Waals surface area contributed by atoms with Crippen LogP contribution in [-0.4, -0.2) is 31.3 Å². The highest BCUT2D eigenvalue weighted by Crippen LogP contribution is 2.20. The number of aryl methyl sites for hydroxylation is 1. The van der Waals surface area contributed by atoms with Crippen LogP contribution in [0.25, 0.3) is 11.3 Å². The van der Waals surface area contributed by atoms with E-state index in [9.17, 15) is 13.2 Å². The van der Waals surface area contributed by atoms with Gasteiger partial charge in [-0.05, 0) is 38.2 Å². The van der Waals surface area contributed by atoms with E-state index in [2.05, 4.69) is 20.0 Å². The van der Waals surface area contributed by atoms with Gasteiger partial charge < -0.3 is 11.1 Å². The molecule has 3 rings (SSSR count). The van der Waals surface area contributed by atoms with Gasteiger partial charge in [0.25, 0.3) is 5.91 Å². The number of sulfonamides is 1. The maximum absolute atomic E-state index is 12.6. The van der Waals surface area contributed by atoms with Crippen LogP contribution in [0.1, 0.15) is 16.1 Å². The average molecular weight is 397 g/mol. The number of nitrogen functional groups attached to an aromatic ring is 1. The fourth-order valence-electron chi connectivity index (χ4n) is 2.45. The molecular weight excluding hydrogens is 378 g/mol. The lowest BCUT2D eigenvalue weighted by atomic mass is 10.1. The zero-order valence-electron chi connectivity index (χ0n) is 15.3. The van der Waals surface area contributed by atoms with Gasteiger partial charge in [0.05, 0.1) is 16.8 Å². The maximum atomic E-state index is 12.6. The predicted molar refractivity (Wildman–Crippen MR) is 107 cm³/mol. The minimum atomic E-state index is -3.55. The van der Waals surface area contributed by atoms with Crippen LogP contribution in [0.4, 0.5) is 11.5 Å². The van der Waals surface area contributed by atoms with Crippen LogP contribution in [0.5, 0.6) is 0 Å². The molecule has 9 heteroatoms. The van der Waals surface area contributed by atoms with Crippen LogP contribution in [0.3, 0.4) is 0 Å². The maximum Gasteiger partial charge on any atom is 0.278 e. The van der Waals surface area contributed by atoms with Crippen LogP contribution >= 0.6 is 0 Å². The van der Waals surface area contributed by atoms with Crippen molar-refractivity contribution in [1.82, 2.24) is 14.7 Å². The summed E-state index contributed by atoms with van der Waals surface area (Å²) in [6.07, 6.45) is 1.51. The molecule has 0 radical (unpaired) electrons. The van der Waals surface area contributed by atoms with E-state index in [1.165, 1.54) is 37.5 Å². The van der Waals surface area contributed by atoms with Crippen molar-refractivity contribution in [2.75, 3.05) is 18.1 Å². The first-order chi connectivity index (χ1) is 13.3. The molecule has 8 nitrogen and oxygen atoms in total. The van der Waals surface area contributed by atoms with E-state index < -0.39 is 15.9 Å². The Morgan fingerprint density at radius 2 is 1.68 bits per heavy atom. The SMILES string of the molecule is CNS(=O)(=O)c1ccc(NC(=O)c2nc(-c3ccc(C)cc3)cnc2N)cc1. The molecule has 144 valence electrons. The highest BCUT2D eigenvalue weighted by atomic mass is 32.2. The van der Waals surface area contributed by atoms with Gasteiger partial charge in [-0.15, -0.1) is 0 Å². The number of nitrogens with one attached hydrogen (secondary N) is 2. The molecule has 3 aromatic rings. The van der Waals surface area contributed by atoms with E-state index in [4.69, 9.17) is 5.73 Å². The minimum Gasteiger partial charge on any atom is -0.382 e. The smallest absolute Gasteiger partial charge is 0.278 e. The Kier molecular flexibility index (Phi) is 5.39. The normalized spacial score (nSPS) is 11.2. The first kappa shape index (κ1) is 19.5. The molecule has 1 aromatic heterocycles. The number of rotatable bonds is 5. The van der Waals surface area contributed by atoms with Crippen molar-refractivity contribution in [3.05, 3.63) is 66.0 Å². The van der Waals surface area contributed by atoms with Gasteiger partial charge in [0.15, 0.2) is 11.5 Å². The van der Waals surface area contributed by atoms with Gasteiger partial charge in [0.2, 0.25) is 10.0 Å². The Hall–Kier alpha value is -3.30. The number of benzene rings is 2. The van der Waals surface area contributed by atoms with Crippen molar-refractivity contribution in [3.8, 4) is 11.3 Å². The topological polar surface area (TPSA) is 127 Å². The molecule has 0 atom stereocenters. The predicted octanol–water partition coefficient (Wildman–Crippen LogP) is 2.19. The highest BCUT2D eigenvalue weighted by molar-refractivity contribution is 7.89. The third-order valence-corrected chi connectivity index (χ3v) is 5.48. The van der Waals surface area contributed by atoms with Crippen LogP contribution in [-0.2, 0) is 10.0 Å². The Labute approximate surface area is 162 Å². The second-order valence-electron chi connectivity index (χ2n) is 6.04. The number of carbonyl (C=O) groups is 1. The fourth-order valence-corrected chi connectivity index (χ4v) is 3.18. The molecule has 0 aliphatic rings. The second-order valence-corrected chi connectivity index (χ2v) is 7.93. The zero-order chi connectivity index (χ0) is 20.3. The summed E-state index contributed by atoms with van der Waals surface area (Å²) < 4.78 is 25.7. The lowest BCUT2D eigenvalue weighted by molar-refractivity contribution is 0.102. The summed E-state index contributed by atoms with van der Waals surface area (Å²) in [6.45, 7) is 1.98. The largest absolute Gasteiger partial charge is 0.382 e. The monoisotopic (exact) mass is 397 g/mol. The summed E-state index contributed by atoms with van der Waals surface area (Å²) >= 11 is 0. The van der Waals surface area contributed by atoms with Crippen molar-refractivity contribution >= 4 is 27.4 Å². The first-order valence-electron chi connectivity index (χ1n) is 8.34. The first-order valence-corrected chi connectivity index (χ1v) is 9.83. The summed E-state index contributed by atoms with van der Waals surface area (Å²) in [5.41, 5.74) is 8.66. The van der Waals surface area contributed by atoms with Gasteiger partial charge in [-0.1, -0.05) is 29.8 Å². The molecular formula is C19H19N5O3S. The second kappa shape index (κ2) is 7.75. The lowest BCUT2D eigenvalue weighted by Crippen LogP contribution is -2.19. The number of aromatic nitrogens is 2. The fraction of sp³-hybridized carbons (Fsp3) is 0.105. The number of anilines is 2. The summed E-state index contributed by atoms with van der Waals surface area (Å²) in [6, 6.07) is 13.4. The van der Waals surface area contributed by atoms with E-state index >= 15 is 0 Å². The number of hydrogen-bond acceptors (Lipinski definition) is 6. The Balaban J connectivity index is 1.84. The third kappa shape index (κ3) is 4.16.